The third-order valence-corrected chi connectivity index (χ3v) is 3.76. The number of likely N-dealkylation sites (N-methyl/N-ethyl adjacent to an activating group) is 1. The van der Waals surface area contributed by atoms with Crippen LogP contribution in [0.15, 0.2) is 18.2 Å². The Hall–Kier alpha value is -0.900. The summed E-state index contributed by atoms with van der Waals surface area (Å²) in [5.74, 6) is 0. The highest BCUT2D eigenvalue weighted by Crippen LogP contribution is 2.20. The van der Waals surface area contributed by atoms with Crippen molar-refractivity contribution < 1.29 is 4.74 Å². The van der Waals surface area contributed by atoms with E-state index in [1.807, 2.05) is 6.92 Å². The van der Waals surface area contributed by atoms with Crippen LogP contribution in [0.1, 0.15) is 43.0 Å². The number of aryl methyl sites for hydroxylation is 2. The summed E-state index contributed by atoms with van der Waals surface area (Å²) in [5.41, 5.74) is 4.12. The molecular weight excluding hydrogens is 260 g/mol. The van der Waals surface area contributed by atoms with Gasteiger partial charge in [0.2, 0.25) is 0 Å². The Kier molecular flexibility index (Phi) is 8.58. The molecule has 0 heterocycles. The maximum absolute atomic E-state index is 5.45. The molecule has 1 aromatic rings. The summed E-state index contributed by atoms with van der Waals surface area (Å²) in [6.07, 6.45) is 1.16. The van der Waals surface area contributed by atoms with E-state index in [0.29, 0.717) is 6.04 Å². The molecule has 1 atom stereocenters. The van der Waals surface area contributed by atoms with Crippen molar-refractivity contribution in [2.24, 2.45) is 0 Å². The van der Waals surface area contributed by atoms with Gasteiger partial charge in [0.15, 0.2) is 0 Å². The van der Waals surface area contributed by atoms with Gasteiger partial charge in [-0.25, -0.2) is 0 Å². The molecule has 0 aliphatic heterocycles. The molecule has 0 radical (unpaired) electrons. The van der Waals surface area contributed by atoms with Crippen LogP contribution in [0.3, 0.4) is 0 Å². The molecular formula is C18H32N2O. The van der Waals surface area contributed by atoms with Gasteiger partial charge in [-0.05, 0) is 51.9 Å². The second-order valence-electron chi connectivity index (χ2n) is 5.83. The van der Waals surface area contributed by atoms with Crippen molar-refractivity contribution >= 4 is 0 Å². The van der Waals surface area contributed by atoms with Crippen LogP contribution in [0.2, 0.25) is 0 Å². The Bertz CT molecular complexity index is 406. The monoisotopic (exact) mass is 292 g/mol. The minimum absolute atomic E-state index is 0.386. The van der Waals surface area contributed by atoms with Gasteiger partial charge in [-0.15, -0.1) is 0 Å². The molecule has 21 heavy (non-hydrogen) atoms. The van der Waals surface area contributed by atoms with Crippen LogP contribution < -0.4 is 5.32 Å². The summed E-state index contributed by atoms with van der Waals surface area (Å²) >= 11 is 0. The van der Waals surface area contributed by atoms with Crippen LogP contribution in [0.4, 0.5) is 0 Å². The summed E-state index contributed by atoms with van der Waals surface area (Å²) in [4.78, 5) is 2.35. The van der Waals surface area contributed by atoms with Crippen LogP contribution in [0, 0.1) is 13.8 Å². The maximum Gasteiger partial charge on any atom is 0.0593 e. The van der Waals surface area contributed by atoms with Crippen molar-refractivity contribution in [1.82, 2.24) is 10.2 Å². The minimum Gasteiger partial charge on any atom is -0.380 e. The quantitative estimate of drug-likeness (QED) is 0.670. The second-order valence-corrected chi connectivity index (χ2v) is 5.83. The fourth-order valence-corrected chi connectivity index (χ4v) is 2.58. The standard InChI is InChI=1S/C18H32N2O/c1-6-10-19-18(14-20(5)11-12-21-7-2)17-9-8-15(3)13-16(17)4/h8-9,13,18-19H,6-7,10-12,14H2,1-5H3. The molecule has 0 aliphatic carbocycles. The largest absolute Gasteiger partial charge is 0.380 e. The zero-order valence-electron chi connectivity index (χ0n) is 14.4. The first-order valence-electron chi connectivity index (χ1n) is 8.15. The van der Waals surface area contributed by atoms with E-state index < -0.39 is 0 Å². The van der Waals surface area contributed by atoms with E-state index in [1.165, 1.54) is 16.7 Å². The molecule has 0 saturated heterocycles. The first-order chi connectivity index (χ1) is 10.1. The van der Waals surface area contributed by atoms with E-state index in [0.717, 1.165) is 39.3 Å². The van der Waals surface area contributed by atoms with Crippen molar-refractivity contribution in [3.63, 3.8) is 0 Å². The van der Waals surface area contributed by atoms with Crippen LogP contribution in [0.5, 0.6) is 0 Å². The highest BCUT2D eigenvalue weighted by atomic mass is 16.5. The van der Waals surface area contributed by atoms with Gasteiger partial charge in [-0.1, -0.05) is 30.7 Å². The molecule has 0 saturated carbocycles. The lowest BCUT2D eigenvalue weighted by molar-refractivity contribution is 0.119. The van der Waals surface area contributed by atoms with Gasteiger partial charge in [0.05, 0.1) is 6.61 Å². The predicted octanol–water partition coefficient (Wildman–Crippen LogP) is 3.31. The molecule has 0 bridgehead atoms. The molecule has 120 valence electrons. The van der Waals surface area contributed by atoms with Gasteiger partial charge in [-0.3, -0.25) is 0 Å². The van der Waals surface area contributed by atoms with Crippen molar-refractivity contribution in [2.75, 3.05) is 39.9 Å². The smallest absolute Gasteiger partial charge is 0.0593 e. The average Bonchev–Trinajstić information content (AvgIpc) is 2.44. The number of hydrogen-bond acceptors (Lipinski definition) is 3. The lowest BCUT2D eigenvalue weighted by Crippen LogP contribution is -2.35. The number of rotatable bonds is 10. The Balaban J connectivity index is 2.70. The summed E-state index contributed by atoms with van der Waals surface area (Å²) in [6.45, 7) is 13.3. The SMILES string of the molecule is CCCNC(CN(C)CCOCC)c1ccc(C)cc1C. The zero-order valence-corrected chi connectivity index (χ0v) is 14.4. The van der Waals surface area contributed by atoms with Crippen molar-refractivity contribution in [3.8, 4) is 0 Å². The van der Waals surface area contributed by atoms with Crippen molar-refractivity contribution in [3.05, 3.63) is 34.9 Å². The van der Waals surface area contributed by atoms with Crippen molar-refractivity contribution in [1.29, 1.82) is 0 Å². The highest BCUT2D eigenvalue weighted by Gasteiger charge is 2.15. The lowest BCUT2D eigenvalue weighted by Gasteiger charge is -2.26. The molecule has 0 aromatic heterocycles. The van der Waals surface area contributed by atoms with Gasteiger partial charge in [-0.2, -0.15) is 0 Å². The maximum atomic E-state index is 5.45. The summed E-state index contributed by atoms with van der Waals surface area (Å²) in [6, 6.07) is 7.14. The van der Waals surface area contributed by atoms with E-state index in [-0.39, 0.29) is 0 Å². The highest BCUT2D eigenvalue weighted by molar-refractivity contribution is 5.33. The molecule has 3 heteroatoms. The van der Waals surface area contributed by atoms with Crippen molar-refractivity contribution in [2.45, 2.75) is 40.2 Å². The van der Waals surface area contributed by atoms with E-state index in [2.05, 4.69) is 56.2 Å². The van der Waals surface area contributed by atoms with Gasteiger partial charge >= 0.3 is 0 Å². The molecule has 0 amide bonds. The van der Waals surface area contributed by atoms with Gasteiger partial charge < -0.3 is 15.0 Å². The number of nitrogens with zero attached hydrogens (tertiary/aromatic N) is 1. The molecule has 1 aromatic carbocycles. The topological polar surface area (TPSA) is 24.5 Å². The van der Waals surface area contributed by atoms with Crippen LogP contribution in [-0.2, 0) is 4.74 Å². The van der Waals surface area contributed by atoms with Crippen LogP contribution >= 0.6 is 0 Å². The molecule has 1 unspecified atom stereocenters. The Morgan fingerprint density at radius 3 is 2.62 bits per heavy atom. The molecule has 1 rings (SSSR count). The number of hydrogen-bond donors (Lipinski definition) is 1. The summed E-state index contributed by atoms with van der Waals surface area (Å²) < 4.78 is 5.45. The number of ether oxygens (including phenoxy) is 1. The van der Waals surface area contributed by atoms with Crippen LogP contribution in [-0.4, -0.2) is 44.8 Å². The molecule has 0 spiro atoms. The number of nitrogens with one attached hydrogen (secondary N) is 1. The second kappa shape index (κ2) is 9.93. The minimum atomic E-state index is 0.386. The Morgan fingerprint density at radius 1 is 1.24 bits per heavy atom. The normalized spacial score (nSPS) is 12.9. The lowest BCUT2D eigenvalue weighted by atomic mass is 9.98. The average molecular weight is 292 g/mol. The fourth-order valence-electron chi connectivity index (χ4n) is 2.58. The molecule has 0 fully saturated rings. The number of benzene rings is 1. The van der Waals surface area contributed by atoms with Gasteiger partial charge in [0.1, 0.15) is 0 Å². The third-order valence-electron chi connectivity index (χ3n) is 3.76. The summed E-state index contributed by atoms with van der Waals surface area (Å²) in [7, 11) is 2.17. The van der Waals surface area contributed by atoms with Gasteiger partial charge in [0, 0.05) is 25.7 Å². The Labute approximate surface area is 130 Å². The molecule has 1 N–H and O–H groups in total. The van der Waals surface area contributed by atoms with Crippen LogP contribution in [0.25, 0.3) is 0 Å². The Morgan fingerprint density at radius 2 is 2.00 bits per heavy atom. The fraction of sp³-hybridized carbons (Fsp3) is 0.667. The summed E-state index contributed by atoms with van der Waals surface area (Å²) in [5, 5.41) is 3.68. The van der Waals surface area contributed by atoms with E-state index in [1.54, 1.807) is 0 Å². The first-order valence-corrected chi connectivity index (χ1v) is 8.15. The third kappa shape index (κ3) is 6.60. The first kappa shape index (κ1) is 18.1. The zero-order chi connectivity index (χ0) is 15.7. The van der Waals surface area contributed by atoms with E-state index >= 15 is 0 Å². The molecule has 3 nitrogen and oxygen atoms in total. The van der Waals surface area contributed by atoms with Gasteiger partial charge in [0.25, 0.3) is 0 Å². The molecule has 0 aliphatic rings. The predicted molar refractivity (Wildman–Crippen MR) is 90.9 cm³/mol. The van der Waals surface area contributed by atoms with E-state index in [4.69, 9.17) is 4.74 Å². The van der Waals surface area contributed by atoms with E-state index in [9.17, 15) is 0 Å².